The number of H-pyrrole nitrogens is 1. The van der Waals surface area contributed by atoms with Crippen LogP contribution < -0.4 is 5.73 Å². The van der Waals surface area contributed by atoms with Crippen molar-refractivity contribution in [2.45, 2.75) is 6.54 Å². The second-order valence-electron chi connectivity index (χ2n) is 2.96. The minimum Gasteiger partial charge on any atom is -0.360 e. The van der Waals surface area contributed by atoms with Crippen LogP contribution in [-0.2, 0) is 13.6 Å². The van der Waals surface area contributed by atoms with Crippen LogP contribution in [0.2, 0.25) is 0 Å². The van der Waals surface area contributed by atoms with Crippen molar-refractivity contribution in [1.82, 2.24) is 14.8 Å². The molecule has 0 amide bonds. The molecule has 0 bridgehead atoms. The van der Waals surface area contributed by atoms with Crippen molar-refractivity contribution in [2.24, 2.45) is 12.8 Å². The average molecular weight is 176 g/mol. The van der Waals surface area contributed by atoms with Gasteiger partial charge in [-0.15, -0.1) is 0 Å². The van der Waals surface area contributed by atoms with Crippen LogP contribution in [-0.4, -0.2) is 14.8 Å². The van der Waals surface area contributed by atoms with Crippen molar-refractivity contribution in [1.29, 1.82) is 0 Å². The molecule has 2 aromatic heterocycles. The standard InChI is InChI=1S/C9H12N4/c1-13-6-7(5-10)9(12-13)8-3-2-4-11-8/h2-4,6,11H,5,10H2,1H3. The van der Waals surface area contributed by atoms with Gasteiger partial charge in [0.15, 0.2) is 0 Å². The summed E-state index contributed by atoms with van der Waals surface area (Å²) in [6.45, 7) is 0.516. The minimum atomic E-state index is 0.516. The summed E-state index contributed by atoms with van der Waals surface area (Å²) < 4.78 is 1.78. The van der Waals surface area contributed by atoms with E-state index >= 15 is 0 Å². The summed E-state index contributed by atoms with van der Waals surface area (Å²) in [6.07, 6.45) is 3.82. The van der Waals surface area contributed by atoms with Gasteiger partial charge in [-0.25, -0.2) is 0 Å². The lowest BCUT2D eigenvalue weighted by atomic mass is 10.2. The molecular weight excluding hydrogens is 164 g/mol. The Labute approximate surface area is 76.4 Å². The zero-order valence-corrected chi connectivity index (χ0v) is 7.49. The van der Waals surface area contributed by atoms with Crippen LogP contribution in [0.25, 0.3) is 11.4 Å². The summed E-state index contributed by atoms with van der Waals surface area (Å²) in [5, 5.41) is 4.33. The fourth-order valence-electron chi connectivity index (χ4n) is 1.39. The molecule has 0 saturated heterocycles. The minimum absolute atomic E-state index is 0.516. The smallest absolute Gasteiger partial charge is 0.113 e. The van der Waals surface area contributed by atoms with E-state index in [2.05, 4.69) is 10.1 Å². The van der Waals surface area contributed by atoms with Crippen LogP contribution in [0.3, 0.4) is 0 Å². The molecular formula is C9H12N4. The van der Waals surface area contributed by atoms with Gasteiger partial charge in [0.2, 0.25) is 0 Å². The molecule has 2 heterocycles. The predicted octanol–water partition coefficient (Wildman–Crippen LogP) is 0.874. The van der Waals surface area contributed by atoms with Gasteiger partial charge in [-0.1, -0.05) is 0 Å². The fraction of sp³-hybridized carbons (Fsp3) is 0.222. The Morgan fingerprint density at radius 3 is 3.08 bits per heavy atom. The van der Waals surface area contributed by atoms with E-state index in [1.807, 2.05) is 31.6 Å². The molecule has 0 saturated carbocycles. The van der Waals surface area contributed by atoms with Crippen molar-refractivity contribution in [3.05, 3.63) is 30.1 Å². The zero-order chi connectivity index (χ0) is 9.26. The molecule has 0 atom stereocenters. The van der Waals surface area contributed by atoms with Gasteiger partial charge < -0.3 is 10.7 Å². The lowest BCUT2D eigenvalue weighted by Gasteiger charge is -1.94. The Hall–Kier alpha value is -1.55. The van der Waals surface area contributed by atoms with E-state index in [0.717, 1.165) is 17.0 Å². The molecule has 2 rings (SSSR count). The fourth-order valence-corrected chi connectivity index (χ4v) is 1.39. The summed E-state index contributed by atoms with van der Waals surface area (Å²) in [5.41, 5.74) is 8.62. The maximum absolute atomic E-state index is 5.60. The summed E-state index contributed by atoms with van der Waals surface area (Å²) >= 11 is 0. The average Bonchev–Trinajstić information content (AvgIpc) is 2.71. The number of aromatic amines is 1. The number of aromatic nitrogens is 3. The van der Waals surface area contributed by atoms with E-state index in [-0.39, 0.29) is 0 Å². The van der Waals surface area contributed by atoms with Crippen LogP contribution in [0.15, 0.2) is 24.5 Å². The summed E-state index contributed by atoms with van der Waals surface area (Å²) in [6, 6.07) is 3.94. The van der Waals surface area contributed by atoms with E-state index in [4.69, 9.17) is 5.73 Å². The number of nitrogens with two attached hydrogens (primary N) is 1. The third-order valence-corrected chi connectivity index (χ3v) is 1.98. The highest BCUT2D eigenvalue weighted by molar-refractivity contribution is 5.58. The van der Waals surface area contributed by atoms with Gasteiger partial charge in [-0.2, -0.15) is 5.10 Å². The quantitative estimate of drug-likeness (QED) is 0.713. The van der Waals surface area contributed by atoms with Crippen molar-refractivity contribution in [3.63, 3.8) is 0 Å². The summed E-state index contributed by atoms with van der Waals surface area (Å²) in [7, 11) is 1.89. The highest BCUT2D eigenvalue weighted by atomic mass is 15.3. The number of rotatable bonds is 2. The highest BCUT2D eigenvalue weighted by Gasteiger charge is 2.08. The van der Waals surface area contributed by atoms with Crippen LogP contribution in [0.5, 0.6) is 0 Å². The van der Waals surface area contributed by atoms with Gasteiger partial charge in [0.1, 0.15) is 5.69 Å². The first kappa shape index (κ1) is 8.07. The van der Waals surface area contributed by atoms with Crippen LogP contribution in [0.1, 0.15) is 5.56 Å². The first-order valence-electron chi connectivity index (χ1n) is 4.17. The molecule has 0 unspecified atom stereocenters. The molecule has 68 valence electrons. The zero-order valence-electron chi connectivity index (χ0n) is 7.49. The van der Waals surface area contributed by atoms with Gasteiger partial charge in [-0.3, -0.25) is 4.68 Å². The van der Waals surface area contributed by atoms with Crippen molar-refractivity contribution < 1.29 is 0 Å². The predicted molar refractivity (Wildman–Crippen MR) is 50.9 cm³/mol. The maximum atomic E-state index is 5.60. The van der Waals surface area contributed by atoms with Gasteiger partial charge in [0.05, 0.1) is 5.69 Å². The van der Waals surface area contributed by atoms with Crippen LogP contribution >= 0.6 is 0 Å². The number of hydrogen-bond acceptors (Lipinski definition) is 2. The molecule has 4 heteroatoms. The number of hydrogen-bond donors (Lipinski definition) is 2. The second kappa shape index (κ2) is 3.06. The Morgan fingerprint density at radius 2 is 2.46 bits per heavy atom. The molecule has 0 fully saturated rings. The first-order valence-corrected chi connectivity index (χ1v) is 4.17. The second-order valence-corrected chi connectivity index (χ2v) is 2.96. The molecule has 2 aromatic rings. The topological polar surface area (TPSA) is 59.6 Å². The monoisotopic (exact) mass is 176 g/mol. The molecule has 0 aromatic carbocycles. The Balaban J connectivity index is 2.50. The molecule has 0 aliphatic heterocycles. The first-order chi connectivity index (χ1) is 6.31. The van der Waals surface area contributed by atoms with Gasteiger partial charge in [-0.05, 0) is 12.1 Å². The van der Waals surface area contributed by atoms with Crippen molar-refractivity contribution in [3.8, 4) is 11.4 Å². The number of aryl methyl sites for hydroxylation is 1. The maximum Gasteiger partial charge on any atom is 0.113 e. The summed E-state index contributed by atoms with van der Waals surface area (Å²) in [4.78, 5) is 3.11. The van der Waals surface area contributed by atoms with E-state index in [0.29, 0.717) is 6.54 Å². The number of nitrogens with one attached hydrogen (secondary N) is 1. The Morgan fingerprint density at radius 1 is 1.62 bits per heavy atom. The lowest BCUT2D eigenvalue weighted by Crippen LogP contribution is -1.96. The molecule has 0 aliphatic carbocycles. The number of nitrogens with zero attached hydrogens (tertiary/aromatic N) is 2. The molecule has 0 radical (unpaired) electrons. The highest BCUT2D eigenvalue weighted by Crippen LogP contribution is 2.18. The van der Waals surface area contributed by atoms with E-state index in [9.17, 15) is 0 Å². The molecule has 0 spiro atoms. The van der Waals surface area contributed by atoms with Crippen LogP contribution in [0, 0.1) is 0 Å². The Bertz CT molecular complexity index is 386. The van der Waals surface area contributed by atoms with Gasteiger partial charge in [0.25, 0.3) is 0 Å². The van der Waals surface area contributed by atoms with E-state index in [1.54, 1.807) is 4.68 Å². The van der Waals surface area contributed by atoms with Gasteiger partial charge >= 0.3 is 0 Å². The van der Waals surface area contributed by atoms with Crippen LogP contribution in [0.4, 0.5) is 0 Å². The normalized spacial score (nSPS) is 10.6. The Kier molecular flexibility index (Phi) is 1.90. The van der Waals surface area contributed by atoms with E-state index in [1.165, 1.54) is 0 Å². The SMILES string of the molecule is Cn1cc(CN)c(-c2ccc[nH]2)n1. The largest absolute Gasteiger partial charge is 0.360 e. The molecule has 4 nitrogen and oxygen atoms in total. The molecule has 3 N–H and O–H groups in total. The van der Waals surface area contributed by atoms with Crippen molar-refractivity contribution in [2.75, 3.05) is 0 Å². The molecule has 13 heavy (non-hydrogen) atoms. The molecule has 0 aliphatic rings. The van der Waals surface area contributed by atoms with Gasteiger partial charge in [0, 0.05) is 31.5 Å². The third-order valence-electron chi connectivity index (χ3n) is 1.98. The lowest BCUT2D eigenvalue weighted by molar-refractivity contribution is 0.769. The van der Waals surface area contributed by atoms with Crippen molar-refractivity contribution >= 4 is 0 Å². The summed E-state index contributed by atoms with van der Waals surface area (Å²) in [5.74, 6) is 0. The third kappa shape index (κ3) is 1.36. The van der Waals surface area contributed by atoms with E-state index < -0.39 is 0 Å².